The first-order chi connectivity index (χ1) is 9.68. The Labute approximate surface area is 123 Å². The molecular formula is C15H16ClN3O. The Kier molecular flexibility index (Phi) is 4.96. The highest BCUT2D eigenvalue weighted by Crippen LogP contribution is 2.14. The number of hydrogen-bond donors (Lipinski definition) is 2. The molecule has 0 aliphatic rings. The number of carbonyl (C=O) groups excluding carboxylic acids is 1. The molecule has 0 unspecified atom stereocenters. The third-order valence-electron chi connectivity index (χ3n) is 2.86. The van der Waals surface area contributed by atoms with Crippen LogP contribution < -0.4 is 10.6 Å². The van der Waals surface area contributed by atoms with Crippen LogP contribution in [-0.4, -0.2) is 24.0 Å². The number of benzene rings is 1. The molecule has 0 saturated heterocycles. The van der Waals surface area contributed by atoms with E-state index in [9.17, 15) is 4.79 Å². The summed E-state index contributed by atoms with van der Waals surface area (Å²) in [7, 11) is 0. The van der Waals surface area contributed by atoms with Gasteiger partial charge in [0, 0.05) is 31.2 Å². The lowest BCUT2D eigenvalue weighted by molar-refractivity contribution is 0.0955. The van der Waals surface area contributed by atoms with Gasteiger partial charge in [-0.15, -0.1) is 0 Å². The maximum atomic E-state index is 11.9. The van der Waals surface area contributed by atoms with Crippen molar-refractivity contribution in [2.45, 2.75) is 6.92 Å². The van der Waals surface area contributed by atoms with Crippen LogP contribution in [0.4, 0.5) is 5.69 Å². The second-order valence-corrected chi connectivity index (χ2v) is 4.76. The van der Waals surface area contributed by atoms with Crippen LogP contribution in [0, 0.1) is 6.92 Å². The first-order valence-electron chi connectivity index (χ1n) is 6.35. The average molecular weight is 290 g/mol. The van der Waals surface area contributed by atoms with E-state index in [4.69, 9.17) is 11.6 Å². The van der Waals surface area contributed by atoms with Crippen molar-refractivity contribution in [3.8, 4) is 0 Å². The Bertz CT molecular complexity index is 601. The third kappa shape index (κ3) is 3.71. The fraction of sp³-hybridized carbons (Fsp3) is 0.200. The lowest BCUT2D eigenvalue weighted by Gasteiger charge is -2.10. The molecule has 104 valence electrons. The number of nitrogens with one attached hydrogen (secondary N) is 2. The van der Waals surface area contributed by atoms with Crippen molar-refractivity contribution in [2.75, 3.05) is 18.4 Å². The molecule has 5 heteroatoms. The Morgan fingerprint density at radius 3 is 2.80 bits per heavy atom. The summed E-state index contributed by atoms with van der Waals surface area (Å²) in [6.07, 6.45) is 3.53. The predicted octanol–water partition coefficient (Wildman–Crippen LogP) is 2.89. The molecule has 1 aromatic heterocycles. The molecule has 2 rings (SSSR count). The van der Waals surface area contributed by atoms with Gasteiger partial charge in [-0.25, -0.2) is 0 Å². The number of halogens is 1. The van der Waals surface area contributed by atoms with Crippen molar-refractivity contribution in [2.24, 2.45) is 0 Å². The van der Waals surface area contributed by atoms with Gasteiger partial charge in [0.1, 0.15) is 0 Å². The van der Waals surface area contributed by atoms with Gasteiger partial charge in [-0.2, -0.15) is 0 Å². The lowest BCUT2D eigenvalue weighted by atomic mass is 10.2. The van der Waals surface area contributed by atoms with Crippen molar-refractivity contribution >= 4 is 23.2 Å². The van der Waals surface area contributed by atoms with Crippen LogP contribution >= 0.6 is 11.6 Å². The zero-order valence-corrected chi connectivity index (χ0v) is 11.9. The first kappa shape index (κ1) is 14.3. The Hall–Kier alpha value is -2.07. The summed E-state index contributed by atoms with van der Waals surface area (Å²) < 4.78 is 0. The zero-order valence-electron chi connectivity index (χ0n) is 11.2. The standard InChI is InChI=1S/C15H16ClN3O/c1-11-10-17-7-6-14(11)18-8-9-19-15(20)12-4-2-3-5-13(12)16/h2-7,10H,8-9H2,1H3,(H,17,18)(H,19,20). The number of aryl methyl sites for hydroxylation is 1. The summed E-state index contributed by atoms with van der Waals surface area (Å²) >= 11 is 5.97. The van der Waals surface area contributed by atoms with Crippen LogP contribution in [0.1, 0.15) is 15.9 Å². The summed E-state index contributed by atoms with van der Waals surface area (Å²) in [5.74, 6) is -0.163. The van der Waals surface area contributed by atoms with Gasteiger partial charge in [0.25, 0.3) is 5.91 Å². The van der Waals surface area contributed by atoms with E-state index in [2.05, 4.69) is 15.6 Å². The second kappa shape index (κ2) is 6.91. The van der Waals surface area contributed by atoms with E-state index in [0.717, 1.165) is 11.3 Å². The number of nitrogens with zero attached hydrogens (tertiary/aromatic N) is 1. The summed E-state index contributed by atoms with van der Waals surface area (Å²) in [5, 5.41) is 6.54. The minimum absolute atomic E-state index is 0.163. The van der Waals surface area contributed by atoms with Crippen molar-refractivity contribution in [3.63, 3.8) is 0 Å². The van der Waals surface area contributed by atoms with Gasteiger partial charge in [-0.1, -0.05) is 23.7 Å². The van der Waals surface area contributed by atoms with Crippen LogP contribution in [0.5, 0.6) is 0 Å². The Morgan fingerprint density at radius 1 is 1.25 bits per heavy atom. The van der Waals surface area contributed by atoms with Crippen LogP contribution in [0.2, 0.25) is 5.02 Å². The van der Waals surface area contributed by atoms with Crippen molar-refractivity contribution < 1.29 is 4.79 Å². The van der Waals surface area contributed by atoms with E-state index in [1.54, 1.807) is 36.7 Å². The molecule has 0 aliphatic carbocycles. The molecule has 0 spiro atoms. The molecule has 0 atom stereocenters. The summed E-state index contributed by atoms with van der Waals surface area (Å²) in [4.78, 5) is 15.9. The maximum absolute atomic E-state index is 11.9. The highest BCUT2D eigenvalue weighted by atomic mass is 35.5. The van der Waals surface area contributed by atoms with E-state index >= 15 is 0 Å². The monoisotopic (exact) mass is 289 g/mol. The topological polar surface area (TPSA) is 54.0 Å². The minimum Gasteiger partial charge on any atom is -0.383 e. The maximum Gasteiger partial charge on any atom is 0.252 e. The number of hydrogen-bond acceptors (Lipinski definition) is 3. The van der Waals surface area contributed by atoms with Crippen LogP contribution in [0.25, 0.3) is 0 Å². The summed E-state index contributed by atoms with van der Waals surface area (Å²) in [6.45, 7) is 3.14. The first-order valence-corrected chi connectivity index (χ1v) is 6.73. The van der Waals surface area contributed by atoms with Gasteiger partial charge in [-0.3, -0.25) is 9.78 Å². The van der Waals surface area contributed by atoms with Gasteiger partial charge in [0.15, 0.2) is 0 Å². The van der Waals surface area contributed by atoms with Gasteiger partial charge in [0.05, 0.1) is 10.6 Å². The molecule has 0 radical (unpaired) electrons. The average Bonchev–Trinajstić information content (AvgIpc) is 2.45. The molecule has 0 saturated carbocycles. The molecule has 1 heterocycles. The normalized spacial score (nSPS) is 10.1. The van der Waals surface area contributed by atoms with E-state index in [0.29, 0.717) is 23.7 Å². The molecule has 2 aromatic rings. The number of carbonyl (C=O) groups is 1. The molecule has 1 amide bonds. The molecule has 0 bridgehead atoms. The molecule has 0 aliphatic heterocycles. The molecule has 0 fully saturated rings. The van der Waals surface area contributed by atoms with Gasteiger partial charge in [-0.05, 0) is 30.7 Å². The molecular weight excluding hydrogens is 274 g/mol. The highest BCUT2D eigenvalue weighted by Gasteiger charge is 2.08. The smallest absolute Gasteiger partial charge is 0.252 e. The number of aromatic nitrogens is 1. The lowest BCUT2D eigenvalue weighted by Crippen LogP contribution is -2.29. The quantitative estimate of drug-likeness (QED) is 0.832. The van der Waals surface area contributed by atoms with E-state index < -0.39 is 0 Å². The molecule has 20 heavy (non-hydrogen) atoms. The van der Waals surface area contributed by atoms with E-state index in [-0.39, 0.29) is 5.91 Å². The minimum atomic E-state index is -0.163. The number of amides is 1. The Balaban J connectivity index is 1.81. The molecule has 2 N–H and O–H groups in total. The third-order valence-corrected chi connectivity index (χ3v) is 3.19. The van der Waals surface area contributed by atoms with Crippen LogP contribution in [0.3, 0.4) is 0 Å². The fourth-order valence-electron chi connectivity index (χ4n) is 1.79. The van der Waals surface area contributed by atoms with E-state index in [1.165, 1.54) is 0 Å². The number of pyridine rings is 1. The summed E-state index contributed by atoms with van der Waals surface area (Å²) in [6, 6.07) is 8.91. The number of anilines is 1. The molecule has 1 aromatic carbocycles. The van der Waals surface area contributed by atoms with Crippen LogP contribution in [-0.2, 0) is 0 Å². The SMILES string of the molecule is Cc1cnccc1NCCNC(=O)c1ccccc1Cl. The predicted molar refractivity (Wildman–Crippen MR) is 81.2 cm³/mol. The largest absolute Gasteiger partial charge is 0.383 e. The van der Waals surface area contributed by atoms with Crippen molar-refractivity contribution in [1.82, 2.24) is 10.3 Å². The fourth-order valence-corrected chi connectivity index (χ4v) is 2.01. The van der Waals surface area contributed by atoms with Crippen LogP contribution in [0.15, 0.2) is 42.7 Å². The van der Waals surface area contributed by atoms with Gasteiger partial charge < -0.3 is 10.6 Å². The zero-order chi connectivity index (χ0) is 14.4. The van der Waals surface area contributed by atoms with Gasteiger partial charge >= 0.3 is 0 Å². The molecule has 4 nitrogen and oxygen atoms in total. The van der Waals surface area contributed by atoms with Crippen molar-refractivity contribution in [1.29, 1.82) is 0 Å². The Morgan fingerprint density at radius 2 is 2.05 bits per heavy atom. The van der Waals surface area contributed by atoms with E-state index in [1.807, 2.05) is 13.0 Å². The van der Waals surface area contributed by atoms with Gasteiger partial charge in [0.2, 0.25) is 0 Å². The van der Waals surface area contributed by atoms with Crippen molar-refractivity contribution in [3.05, 3.63) is 58.9 Å². The second-order valence-electron chi connectivity index (χ2n) is 4.35. The number of rotatable bonds is 5. The summed E-state index contributed by atoms with van der Waals surface area (Å²) in [5.41, 5.74) is 2.59. The highest BCUT2D eigenvalue weighted by molar-refractivity contribution is 6.33.